The van der Waals surface area contributed by atoms with Crippen LogP contribution < -0.4 is 10.6 Å². The molecule has 2 N–H and O–H groups in total. The molecule has 10 heteroatoms. The molecular formula is C22H13ClF2N2O4S. The number of rotatable bonds is 5. The molecule has 0 aliphatic carbocycles. The van der Waals surface area contributed by atoms with Crippen LogP contribution in [0.25, 0.3) is 0 Å². The molecule has 0 spiro atoms. The van der Waals surface area contributed by atoms with Gasteiger partial charge in [0, 0.05) is 27.9 Å². The molecule has 0 bridgehead atoms. The van der Waals surface area contributed by atoms with Crippen LogP contribution in [0.5, 0.6) is 0 Å². The van der Waals surface area contributed by atoms with E-state index in [1.54, 1.807) is 24.3 Å². The van der Waals surface area contributed by atoms with E-state index < -0.39 is 37.8 Å². The number of anilines is 2. The summed E-state index contributed by atoms with van der Waals surface area (Å²) >= 11 is 0. The Morgan fingerprint density at radius 1 is 0.750 bits per heavy atom. The first-order valence-corrected chi connectivity index (χ1v) is 11.4. The molecule has 0 atom stereocenters. The van der Waals surface area contributed by atoms with Crippen LogP contribution in [-0.2, 0) is 9.05 Å². The second kappa shape index (κ2) is 8.18. The van der Waals surface area contributed by atoms with Crippen LogP contribution in [0.3, 0.4) is 0 Å². The van der Waals surface area contributed by atoms with Gasteiger partial charge in [-0.25, -0.2) is 17.2 Å². The van der Waals surface area contributed by atoms with E-state index in [0.717, 1.165) is 18.2 Å². The fourth-order valence-corrected chi connectivity index (χ4v) is 4.02. The van der Waals surface area contributed by atoms with E-state index >= 15 is 0 Å². The molecule has 0 unspecified atom stereocenters. The van der Waals surface area contributed by atoms with E-state index in [1.165, 1.54) is 18.2 Å². The number of fused-ring (bicyclic) bond motifs is 1. The number of halogens is 3. The number of Topliss-reactive ketones (excluding diaryl/α,β-unsaturated/α-hetero) is 2. The number of nitrogens with one attached hydrogen (secondary N) is 2. The summed E-state index contributed by atoms with van der Waals surface area (Å²) in [4.78, 5) is 26.3. The van der Waals surface area contributed by atoms with Gasteiger partial charge in [-0.2, -0.15) is 0 Å². The molecule has 1 aliphatic heterocycles. The first-order valence-electron chi connectivity index (χ1n) is 9.11. The van der Waals surface area contributed by atoms with Crippen LogP contribution in [0.1, 0.15) is 20.7 Å². The molecule has 0 amide bonds. The molecule has 1 heterocycles. The van der Waals surface area contributed by atoms with Crippen LogP contribution in [0.15, 0.2) is 83.0 Å². The summed E-state index contributed by atoms with van der Waals surface area (Å²) in [5.74, 6) is -3.82. The summed E-state index contributed by atoms with van der Waals surface area (Å²) in [5, 5.41) is 5.81. The fraction of sp³-hybridized carbons (Fsp3) is 0. The van der Waals surface area contributed by atoms with E-state index in [-0.39, 0.29) is 21.8 Å². The normalized spacial score (nSPS) is 12.5. The van der Waals surface area contributed by atoms with Gasteiger partial charge in [0.1, 0.15) is 23.0 Å². The van der Waals surface area contributed by atoms with Gasteiger partial charge in [-0.05, 0) is 36.4 Å². The maximum atomic E-state index is 13.7. The predicted molar refractivity (Wildman–Crippen MR) is 115 cm³/mol. The Morgan fingerprint density at radius 2 is 1.31 bits per heavy atom. The summed E-state index contributed by atoms with van der Waals surface area (Å²) in [6.45, 7) is 0. The Hall–Kier alpha value is -3.56. The van der Waals surface area contributed by atoms with Gasteiger partial charge in [-0.15, -0.1) is 0 Å². The fourth-order valence-electron chi connectivity index (χ4n) is 3.22. The minimum absolute atomic E-state index is 0.00926. The summed E-state index contributed by atoms with van der Waals surface area (Å²) in [7, 11) is 1.23. The molecule has 0 saturated heterocycles. The van der Waals surface area contributed by atoms with Crippen LogP contribution in [0.2, 0.25) is 0 Å². The largest absolute Gasteiger partial charge is 0.339 e. The third-order valence-electron chi connectivity index (χ3n) is 4.65. The summed E-state index contributed by atoms with van der Waals surface area (Å²) in [6.07, 6.45) is 0. The van der Waals surface area contributed by atoms with Crippen molar-refractivity contribution >= 4 is 42.7 Å². The van der Waals surface area contributed by atoms with Crippen LogP contribution in [-0.4, -0.2) is 20.0 Å². The third-order valence-corrected chi connectivity index (χ3v) is 6.00. The Kier molecular flexibility index (Phi) is 5.53. The smallest absolute Gasteiger partial charge is 0.261 e. The molecule has 0 fully saturated rings. The summed E-state index contributed by atoms with van der Waals surface area (Å²) in [5.41, 5.74) is 0.138. The molecular weight excluding hydrogens is 462 g/mol. The maximum absolute atomic E-state index is 13.7. The second-order valence-electron chi connectivity index (χ2n) is 6.83. The highest BCUT2D eigenvalue weighted by atomic mass is 35.7. The molecule has 3 aromatic carbocycles. The molecule has 1 aliphatic rings. The van der Waals surface area contributed by atoms with Gasteiger partial charge in [0.05, 0.1) is 16.3 Å². The number of hydrogen-bond acceptors (Lipinski definition) is 6. The van der Waals surface area contributed by atoms with Crippen molar-refractivity contribution in [3.63, 3.8) is 0 Å². The number of para-hydroxylation sites is 2. The van der Waals surface area contributed by atoms with Crippen LogP contribution in [0, 0.1) is 11.6 Å². The van der Waals surface area contributed by atoms with Crippen molar-refractivity contribution in [1.82, 2.24) is 0 Å². The van der Waals surface area contributed by atoms with Crippen molar-refractivity contribution in [3.8, 4) is 0 Å². The molecule has 4 rings (SSSR count). The number of benzene rings is 3. The summed E-state index contributed by atoms with van der Waals surface area (Å²) < 4.78 is 50.9. The first kappa shape index (κ1) is 21.7. The van der Waals surface area contributed by atoms with Gasteiger partial charge in [0.25, 0.3) is 9.05 Å². The number of carbonyl (C=O) groups is 2. The van der Waals surface area contributed by atoms with Gasteiger partial charge >= 0.3 is 0 Å². The van der Waals surface area contributed by atoms with Crippen molar-refractivity contribution in [2.45, 2.75) is 4.90 Å². The lowest BCUT2D eigenvalue weighted by Gasteiger charge is -2.12. The van der Waals surface area contributed by atoms with Gasteiger partial charge in [-0.3, -0.25) is 9.59 Å². The Balaban J connectivity index is 1.86. The average Bonchev–Trinajstić information content (AvgIpc) is 3.16. The zero-order chi connectivity index (χ0) is 23.0. The second-order valence-corrected chi connectivity index (χ2v) is 9.39. The van der Waals surface area contributed by atoms with Gasteiger partial charge in [-0.1, -0.05) is 24.3 Å². The summed E-state index contributed by atoms with van der Waals surface area (Å²) in [6, 6.07) is 13.9. The third kappa shape index (κ3) is 4.25. The van der Waals surface area contributed by atoms with Crippen molar-refractivity contribution in [2.24, 2.45) is 0 Å². The van der Waals surface area contributed by atoms with E-state index in [0.29, 0.717) is 17.4 Å². The lowest BCUT2D eigenvalue weighted by molar-refractivity contribution is 0.0960. The number of carbonyl (C=O) groups excluding carboxylic acids is 2. The first-order chi connectivity index (χ1) is 15.1. The van der Waals surface area contributed by atoms with Gasteiger partial charge in [0.15, 0.2) is 0 Å². The minimum Gasteiger partial charge on any atom is -0.339 e. The average molecular weight is 475 g/mol. The highest BCUT2D eigenvalue weighted by Gasteiger charge is 2.30. The molecule has 0 saturated carbocycles. The molecule has 32 heavy (non-hydrogen) atoms. The van der Waals surface area contributed by atoms with E-state index in [4.69, 9.17) is 10.7 Å². The molecule has 0 radical (unpaired) electrons. The van der Waals surface area contributed by atoms with Crippen LogP contribution in [0.4, 0.5) is 20.2 Å². The molecule has 6 nitrogen and oxygen atoms in total. The molecule has 162 valence electrons. The van der Waals surface area contributed by atoms with Gasteiger partial charge < -0.3 is 10.6 Å². The SMILES string of the molecule is O=C(C(C(=O)c1cccc(S(=O)(=O)Cl)c1)=C1Nc2ccccc2N1)c1cc(F)cc(F)c1. The number of allylic oxidation sites excluding steroid dienone is 1. The van der Waals surface area contributed by atoms with Crippen molar-refractivity contribution < 1.29 is 26.8 Å². The standard InChI is InChI=1S/C22H13ClF2N2O4S/c23-32(30,31)16-5-3-4-12(10-16)20(28)19(21(29)13-8-14(24)11-15(25)9-13)22-26-17-6-1-2-7-18(17)27-22/h1-11,26-27H. The zero-order valence-corrected chi connectivity index (χ0v) is 17.6. The Labute approximate surface area is 185 Å². The number of ketones is 2. The van der Waals surface area contributed by atoms with Crippen molar-refractivity contribution in [1.29, 1.82) is 0 Å². The van der Waals surface area contributed by atoms with Gasteiger partial charge in [0.2, 0.25) is 11.6 Å². The topological polar surface area (TPSA) is 92.3 Å². The quantitative estimate of drug-likeness (QED) is 0.183. The lowest BCUT2D eigenvalue weighted by Crippen LogP contribution is -2.21. The van der Waals surface area contributed by atoms with Crippen LogP contribution >= 0.6 is 10.7 Å². The maximum Gasteiger partial charge on any atom is 0.261 e. The van der Waals surface area contributed by atoms with E-state index in [2.05, 4.69) is 10.6 Å². The van der Waals surface area contributed by atoms with Crippen molar-refractivity contribution in [2.75, 3.05) is 10.6 Å². The molecule has 3 aromatic rings. The molecule has 0 aromatic heterocycles. The zero-order valence-electron chi connectivity index (χ0n) is 16.0. The lowest BCUT2D eigenvalue weighted by atomic mass is 9.95. The monoisotopic (exact) mass is 474 g/mol. The predicted octanol–water partition coefficient (Wildman–Crippen LogP) is 4.71. The highest BCUT2D eigenvalue weighted by molar-refractivity contribution is 8.13. The van der Waals surface area contributed by atoms with E-state index in [1.807, 2.05) is 0 Å². The van der Waals surface area contributed by atoms with Crippen molar-refractivity contribution in [3.05, 3.63) is 101 Å². The Bertz CT molecular complexity index is 1370. The van der Waals surface area contributed by atoms with E-state index in [9.17, 15) is 26.8 Å². The minimum atomic E-state index is -4.14. The Morgan fingerprint density at radius 3 is 1.88 bits per heavy atom. The number of hydrogen-bond donors (Lipinski definition) is 2. The highest BCUT2D eigenvalue weighted by Crippen LogP contribution is 2.33.